The SMILES string of the molecule is C1=Cc2c(cc3cccc4c3c2-c2c-4cccc2N(c2ccccc2)c2ccc3c4ccccc4n(-c4ccccc4)c3c2)CC1. The number of para-hydroxylation sites is 3. The van der Waals surface area contributed by atoms with Crippen LogP contribution in [0.3, 0.4) is 0 Å². The molecule has 0 saturated carbocycles. The van der Waals surface area contributed by atoms with Crippen molar-refractivity contribution in [3.63, 3.8) is 0 Å². The van der Waals surface area contributed by atoms with Gasteiger partial charge in [-0.2, -0.15) is 0 Å². The van der Waals surface area contributed by atoms with Gasteiger partial charge in [0.1, 0.15) is 0 Å². The molecular formula is C44H30N2. The summed E-state index contributed by atoms with van der Waals surface area (Å²) in [5.41, 5.74) is 15.2. The number of rotatable bonds is 4. The maximum absolute atomic E-state index is 2.47. The monoisotopic (exact) mass is 586 g/mol. The van der Waals surface area contributed by atoms with Crippen LogP contribution in [0.15, 0.2) is 152 Å². The first-order valence-electron chi connectivity index (χ1n) is 16.2. The van der Waals surface area contributed by atoms with Gasteiger partial charge in [0, 0.05) is 39.0 Å². The highest BCUT2D eigenvalue weighted by molar-refractivity contribution is 6.21. The molecule has 0 spiro atoms. The van der Waals surface area contributed by atoms with E-state index in [4.69, 9.17) is 0 Å². The molecule has 2 heteroatoms. The Morgan fingerprint density at radius 2 is 1.30 bits per heavy atom. The molecule has 2 aliphatic carbocycles. The van der Waals surface area contributed by atoms with Crippen LogP contribution in [0.1, 0.15) is 17.5 Å². The third-order valence-electron chi connectivity index (χ3n) is 9.92. The van der Waals surface area contributed by atoms with Crippen molar-refractivity contribution in [2.75, 3.05) is 4.90 Å². The first-order chi connectivity index (χ1) is 22.8. The lowest BCUT2D eigenvalue weighted by molar-refractivity contribution is 0.990. The number of aromatic nitrogens is 1. The largest absolute Gasteiger partial charge is 0.310 e. The van der Waals surface area contributed by atoms with Crippen LogP contribution in [0.5, 0.6) is 0 Å². The topological polar surface area (TPSA) is 8.17 Å². The molecule has 0 amide bonds. The second-order valence-electron chi connectivity index (χ2n) is 12.4. The Hall–Kier alpha value is -5.86. The molecule has 0 saturated heterocycles. The van der Waals surface area contributed by atoms with Crippen molar-refractivity contribution >= 4 is 55.7 Å². The van der Waals surface area contributed by atoms with E-state index in [1.807, 2.05) is 0 Å². The summed E-state index contributed by atoms with van der Waals surface area (Å²) in [4.78, 5) is 2.47. The van der Waals surface area contributed by atoms with Crippen LogP contribution < -0.4 is 4.90 Å². The minimum absolute atomic E-state index is 1.08. The number of anilines is 3. The van der Waals surface area contributed by atoms with Gasteiger partial charge >= 0.3 is 0 Å². The fraction of sp³-hybridized carbons (Fsp3) is 0.0455. The molecule has 0 atom stereocenters. The minimum Gasteiger partial charge on any atom is -0.310 e. The van der Waals surface area contributed by atoms with E-state index in [1.54, 1.807) is 0 Å². The van der Waals surface area contributed by atoms with Crippen LogP contribution in [0.25, 0.3) is 66.6 Å². The highest BCUT2D eigenvalue weighted by Gasteiger charge is 2.30. The Morgan fingerprint density at radius 1 is 0.543 bits per heavy atom. The standard InChI is InChI=1S/C44H30N2/c1-3-15-31(16-4-1)45(33-25-26-36-35-20-9-10-23-39(35)46(41(36)28-33)32-17-5-2-6-18-32)40-24-12-22-38-37-21-11-14-30-27-29-13-7-8-19-34(29)44(42(30)37)43(38)40/h1-6,8-12,14-28H,7,13H2. The molecule has 0 aliphatic heterocycles. The van der Waals surface area contributed by atoms with Gasteiger partial charge in [0.15, 0.2) is 0 Å². The Labute approximate surface area is 268 Å². The number of fused-ring (bicyclic) bond motifs is 8. The molecule has 7 aromatic carbocycles. The van der Waals surface area contributed by atoms with Gasteiger partial charge in [-0.15, -0.1) is 0 Å². The Morgan fingerprint density at radius 3 is 2.20 bits per heavy atom. The van der Waals surface area contributed by atoms with E-state index in [2.05, 4.69) is 167 Å². The molecule has 8 aromatic rings. The average Bonchev–Trinajstić information content (AvgIpc) is 3.64. The van der Waals surface area contributed by atoms with E-state index in [0.717, 1.165) is 24.2 Å². The fourth-order valence-corrected chi connectivity index (χ4v) is 8.02. The molecule has 0 fully saturated rings. The second kappa shape index (κ2) is 9.82. The summed E-state index contributed by atoms with van der Waals surface area (Å²) in [5.74, 6) is 0. The Kier molecular flexibility index (Phi) is 5.44. The van der Waals surface area contributed by atoms with E-state index in [9.17, 15) is 0 Å². The summed E-state index contributed by atoms with van der Waals surface area (Å²) >= 11 is 0. The molecule has 2 aliphatic rings. The minimum atomic E-state index is 1.08. The Balaban J connectivity index is 1.28. The van der Waals surface area contributed by atoms with Gasteiger partial charge in [-0.05, 0) is 94.4 Å². The summed E-state index contributed by atoms with van der Waals surface area (Å²) in [6.45, 7) is 0. The molecule has 216 valence electrons. The van der Waals surface area contributed by atoms with Gasteiger partial charge in [0.25, 0.3) is 0 Å². The van der Waals surface area contributed by atoms with E-state index in [0.29, 0.717) is 0 Å². The van der Waals surface area contributed by atoms with Crippen LogP contribution >= 0.6 is 0 Å². The molecule has 0 unspecified atom stereocenters. The number of aryl methyl sites for hydroxylation is 1. The van der Waals surface area contributed by atoms with Crippen LogP contribution in [0.2, 0.25) is 0 Å². The maximum atomic E-state index is 2.47. The van der Waals surface area contributed by atoms with Gasteiger partial charge in [0.2, 0.25) is 0 Å². The first kappa shape index (κ1) is 25.5. The molecule has 0 radical (unpaired) electrons. The van der Waals surface area contributed by atoms with Crippen LogP contribution in [-0.4, -0.2) is 4.57 Å². The van der Waals surface area contributed by atoms with E-state index < -0.39 is 0 Å². The quantitative estimate of drug-likeness (QED) is 0.199. The zero-order valence-corrected chi connectivity index (χ0v) is 25.3. The highest BCUT2D eigenvalue weighted by Crippen LogP contribution is 2.56. The third kappa shape index (κ3) is 3.59. The van der Waals surface area contributed by atoms with Crippen molar-refractivity contribution in [3.8, 4) is 27.9 Å². The van der Waals surface area contributed by atoms with Gasteiger partial charge in [-0.25, -0.2) is 0 Å². The second-order valence-corrected chi connectivity index (χ2v) is 12.4. The summed E-state index contributed by atoms with van der Waals surface area (Å²) in [7, 11) is 0. The van der Waals surface area contributed by atoms with Gasteiger partial charge in [-0.1, -0.05) is 109 Å². The van der Waals surface area contributed by atoms with Gasteiger partial charge in [-0.3, -0.25) is 0 Å². The number of benzene rings is 7. The van der Waals surface area contributed by atoms with Crippen molar-refractivity contribution in [2.45, 2.75) is 12.8 Å². The molecule has 1 aromatic heterocycles. The number of hydrogen-bond donors (Lipinski definition) is 0. The van der Waals surface area contributed by atoms with E-state index >= 15 is 0 Å². The summed E-state index contributed by atoms with van der Waals surface area (Å²) in [6.07, 6.45) is 6.89. The molecular weight excluding hydrogens is 556 g/mol. The zero-order chi connectivity index (χ0) is 30.2. The average molecular weight is 587 g/mol. The summed E-state index contributed by atoms with van der Waals surface area (Å²) in [6, 6.07) is 53.4. The highest BCUT2D eigenvalue weighted by atomic mass is 15.1. The molecule has 10 rings (SSSR count). The van der Waals surface area contributed by atoms with Gasteiger partial charge < -0.3 is 9.47 Å². The maximum Gasteiger partial charge on any atom is 0.0561 e. The van der Waals surface area contributed by atoms with E-state index in [-0.39, 0.29) is 0 Å². The van der Waals surface area contributed by atoms with Crippen molar-refractivity contribution < 1.29 is 0 Å². The number of allylic oxidation sites excluding steroid dienone is 1. The first-order valence-corrected chi connectivity index (χ1v) is 16.2. The molecule has 0 bridgehead atoms. The lowest BCUT2D eigenvalue weighted by Gasteiger charge is -2.29. The molecule has 46 heavy (non-hydrogen) atoms. The lowest BCUT2D eigenvalue weighted by atomic mass is 9.87. The van der Waals surface area contributed by atoms with Crippen LogP contribution in [-0.2, 0) is 6.42 Å². The fourth-order valence-electron chi connectivity index (χ4n) is 8.02. The van der Waals surface area contributed by atoms with Crippen molar-refractivity contribution in [1.29, 1.82) is 0 Å². The summed E-state index contributed by atoms with van der Waals surface area (Å²) < 4.78 is 2.41. The molecule has 0 N–H and O–H groups in total. The van der Waals surface area contributed by atoms with Crippen molar-refractivity contribution in [3.05, 3.63) is 163 Å². The normalized spacial score (nSPS) is 13.0. The number of nitrogens with zero attached hydrogens (tertiary/aromatic N) is 2. The molecule has 2 nitrogen and oxygen atoms in total. The Bertz CT molecular complexity index is 2520. The predicted molar refractivity (Wildman–Crippen MR) is 195 cm³/mol. The van der Waals surface area contributed by atoms with Crippen LogP contribution in [0, 0.1) is 0 Å². The van der Waals surface area contributed by atoms with Crippen LogP contribution in [0.4, 0.5) is 17.1 Å². The third-order valence-corrected chi connectivity index (χ3v) is 9.92. The van der Waals surface area contributed by atoms with Crippen molar-refractivity contribution in [2.24, 2.45) is 0 Å². The lowest BCUT2D eigenvalue weighted by Crippen LogP contribution is -2.11. The smallest absolute Gasteiger partial charge is 0.0561 e. The van der Waals surface area contributed by atoms with Gasteiger partial charge in [0.05, 0.1) is 16.7 Å². The van der Waals surface area contributed by atoms with E-state index in [1.165, 1.54) is 77.3 Å². The summed E-state index contributed by atoms with van der Waals surface area (Å²) in [5, 5.41) is 5.23. The number of hydrogen-bond acceptors (Lipinski definition) is 1. The predicted octanol–water partition coefficient (Wildman–Crippen LogP) is 12.0. The van der Waals surface area contributed by atoms with Crippen molar-refractivity contribution in [1.82, 2.24) is 4.57 Å². The molecule has 1 heterocycles. The zero-order valence-electron chi connectivity index (χ0n) is 25.3.